The number of fused-ring (bicyclic) bond motifs is 1. The van der Waals surface area contributed by atoms with Crippen LogP contribution in [0, 0.1) is 5.82 Å². The summed E-state index contributed by atoms with van der Waals surface area (Å²) in [6.07, 6.45) is 1.38. The van der Waals surface area contributed by atoms with Crippen molar-refractivity contribution in [2.75, 3.05) is 5.32 Å². The van der Waals surface area contributed by atoms with Gasteiger partial charge in [-0.05, 0) is 29.8 Å². The van der Waals surface area contributed by atoms with E-state index in [2.05, 4.69) is 10.3 Å². The summed E-state index contributed by atoms with van der Waals surface area (Å²) in [5, 5.41) is 3.63. The van der Waals surface area contributed by atoms with Gasteiger partial charge in [0.25, 0.3) is 0 Å². The molecule has 1 atom stereocenters. The average Bonchev–Trinajstić information content (AvgIpc) is 2.60. The van der Waals surface area contributed by atoms with E-state index in [1.165, 1.54) is 24.3 Å². The van der Waals surface area contributed by atoms with Crippen LogP contribution in [-0.2, 0) is 9.59 Å². The molecule has 0 saturated carbocycles. The summed E-state index contributed by atoms with van der Waals surface area (Å²) >= 11 is 0. The third-order valence-electron chi connectivity index (χ3n) is 3.85. The quantitative estimate of drug-likeness (QED) is 0.750. The number of nitrogens with two attached hydrogens (primary N) is 1. The smallest absolute Gasteiger partial charge is 0.232 e. The van der Waals surface area contributed by atoms with Crippen LogP contribution in [0.2, 0.25) is 0 Å². The molecule has 0 aliphatic rings. The number of primary amides is 1. The van der Waals surface area contributed by atoms with Gasteiger partial charge in [0.15, 0.2) is 0 Å². The number of nitrogens with one attached hydrogen (secondary N) is 1. The number of anilines is 1. The third kappa shape index (κ3) is 3.98. The molecule has 0 fully saturated rings. The number of carbonyl (C=O) groups excluding carboxylic acids is 2. The molecule has 2 amide bonds. The summed E-state index contributed by atoms with van der Waals surface area (Å²) in [5.74, 6) is -2.23. The zero-order valence-corrected chi connectivity index (χ0v) is 13.3. The second kappa shape index (κ2) is 7.09. The maximum absolute atomic E-state index is 13.1. The van der Waals surface area contributed by atoms with Crippen LogP contribution in [0.1, 0.15) is 17.9 Å². The highest BCUT2D eigenvalue weighted by Gasteiger charge is 2.23. The van der Waals surface area contributed by atoms with Crippen molar-refractivity contribution in [2.45, 2.75) is 12.3 Å². The van der Waals surface area contributed by atoms with Gasteiger partial charge < -0.3 is 11.1 Å². The van der Waals surface area contributed by atoms with E-state index in [1.807, 2.05) is 24.3 Å². The molecular formula is C19H16FN3O2. The maximum atomic E-state index is 13.1. The zero-order valence-electron chi connectivity index (χ0n) is 13.3. The number of pyridine rings is 1. The van der Waals surface area contributed by atoms with Gasteiger partial charge in [0.2, 0.25) is 11.8 Å². The van der Waals surface area contributed by atoms with Crippen molar-refractivity contribution in [3.05, 3.63) is 72.2 Å². The molecule has 126 valence electrons. The Morgan fingerprint density at radius 3 is 2.56 bits per heavy atom. The first-order valence-electron chi connectivity index (χ1n) is 7.72. The van der Waals surface area contributed by atoms with Crippen LogP contribution in [-0.4, -0.2) is 16.8 Å². The second-order valence-electron chi connectivity index (χ2n) is 5.68. The number of benzene rings is 2. The lowest BCUT2D eigenvalue weighted by Crippen LogP contribution is -2.26. The normalized spacial score (nSPS) is 11.9. The highest BCUT2D eigenvalue weighted by molar-refractivity contribution is 5.99. The van der Waals surface area contributed by atoms with Crippen LogP contribution in [0.25, 0.3) is 10.9 Å². The fourth-order valence-electron chi connectivity index (χ4n) is 2.63. The minimum atomic E-state index is -0.801. The number of hydrogen-bond acceptors (Lipinski definition) is 3. The number of rotatable bonds is 5. The molecule has 0 radical (unpaired) electrons. The standard InChI is InChI=1S/C19H16FN3O2/c20-14-7-5-12(6-8-14)16(10-18(21)24)19(25)23-15-9-13-3-1-2-4-17(13)22-11-15/h1-9,11,16H,10H2,(H2,21,24)(H,23,25). The van der Waals surface area contributed by atoms with Crippen molar-refractivity contribution in [1.82, 2.24) is 4.98 Å². The predicted octanol–water partition coefficient (Wildman–Crippen LogP) is 2.97. The van der Waals surface area contributed by atoms with Crippen molar-refractivity contribution in [2.24, 2.45) is 5.73 Å². The van der Waals surface area contributed by atoms with Gasteiger partial charge >= 0.3 is 0 Å². The Morgan fingerprint density at radius 2 is 1.84 bits per heavy atom. The van der Waals surface area contributed by atoms with Gasteiger partial charge in [-0.3, -0.25) is 14.6 Å². The van der Waals surface area contributed by atoms with E-state index < -0.39 is 23.5 Å². The molecule has 3 N–H and O–H groups in total. The highest BCUT2D eigenvalue weighted by atomic mass is 19.1. The van der Waals surface area contributed by atoms with Gasteiger partial charge in [-0.25, -0.2) is 4.39 Å². The van der Waals surface area contributed by atoms with E-state index in [4.69, 9.17) is 5.73 Å². The molecule has 1 unspecified atom stereocenters. The monoisotopic (exact) mass is 337 g/mol. The lowest BCUT2D eigenvalue weighted by molar-refractivity contribution is -0.123. The van der Waals surface area contributed by atoms with Gasteiger partial charge in [0.1, 0.15) is 5.82 Å². The molecule has 0 bridgehead atoms. The van der Waals surface area contributed by atoms with E-state index in [0.29, 0.717) is 11.3 Å². The summed E-state index contributed by atoms with van der Waals surface area (Å²) in [6, 6.07) is 14.8. The Kier molecular flexibility index (Phi) is 4.70. The van der Waals surface area contributed by atoms with Crippen molar-refractivity contribution in [3.63, 3.8) is 0 Å². The summed E-state index contributed by atoms with van der Waals surface area (Å²) < 4.78 is 13.1. The number of hydrogen-bond donors (Lipinski definition) is 2. The van der Waals surface area contributed by atoms with Crippen LogP contribution in [0.15, 0.2) is 60.8 Å². The Balaban J connectivity index is 1.85. The van der Waals surface area contributed by atoms with Crippen LogP contribution < -0.4 is 11.1 Å². The van der Waals surface area contributed by atoms with Crippen molar-refractivity contribution >= 4 is 28.4 Å². The Bertz CT molecular complexity index is 925. The first-order valence-corrected chi connectivity index (χ1v) is 7.72. The molecule has 0 spiro atoms. The number of para-hydroxylation sites is 1. The minimum Gasteiger partial charge on any atom is -0.370 e. The van der Waals surface area contributed by atoms with Crippen LogP contribution in [0.5, 0.6) is 0 Å². The predicted molar refractivity (Wildman–Crippen MR) is 93.3 cm³/mol. The van der Waals surface area contributed by atoms with E-state index in [9.17, 15) is 14.0 Å². The SMILES string of the molecule is NC(=O)CC(C(=O)Nc1cnc2ccccc2c1)c1ccc(F)cc1. The van der Waals surface area contributed by atoms with E-state index in [-0.39, 0.29) is 6.42 Å². The number of carbonyl (C=O) groups is 2. The Morgan fingerprint density at radius 1 is 1.12 bits per heavy atom. The van der Waals surface area contributed by atoms with E-state index in [0.717, 1.165) is 10.9 Å². The van der Waals surface area contributed by atoms with Crippen LogP contribution in [0.4, 0.5) is 10.1 Å². The first kappa shape index (κ1) is 16.6. The molecule has 1 aromatic heterocycles. The highest BCUT2D eigenvalue weighted by Crippen LogP contribution is 2.23. The molecule has 0 aliphatic carbocycles. The van der Waals surface area contributed by atoms with Gasteiger partial charge in [-0.15, -0.1) is 0 Å². The molecule has 25 heavy (non-hydrogen) atoms. The average molecular weight is 337 g/mol. The summed E-state index contributed by atoms with van der Waals surface area (Å²) in [6.45, 7) is 0. The van der Waals surface area contributed by atoms with E-state index in [1.54, 1.807) is 12.3 Å². The fourth-order valence-corrected chi connectivity index (χ4v) is 2.63. The molecule has 3 rings (SSSR count). The van der Waals surface area contributed by atoms with Crippen LogP contribution in [0.3, 0.4) is 0 Å². The maximum Gasteiger partial charge on any atom is 0.232 e. The van der Waals surface area contributed by atoms with Gasteiger partial charge in [0, 0.05) is 11.8 Å². The number of aromatic nitrogens is 1. The molecule has 2 aromatic carbocycles. The molecule has 1 heterocycles. The fraction of sp³-hybridized carbons (Fsp3) is 0.105. The van der Waals surface area contributed by atoms with Gasteiger partial charge in [-0.2, -0.15) is 0 Å². The second-order valence-corrected chi connectivity index (χ2v) is 5.68. The van der Waals surface area contributed by atoms with Gasteiger partial charge in [0.05, 0.1) is 23.3 Å². The Labute approximate surface area is 143 Å². The number of nitrogens with zero attached hydrogens (tertiary/aromatic N) is 1. The molecule has 0 aliphatic heterocycles. The zero-order chi connectivity index (χ0) is 17.8. The largest absolute Gasteiger partial charge is 0.370 e. The molecule has 0 saturated heterocycles. The summed E-state index contributed by atoms with van der Waals surface area (Å²) in [4.78, 5) is 28.2. The summed E-state index contributed by atoms with van der Waals surface area (Å²) in [5.41, 5.74) is 7.11. The first-order chi connectivity index (χ1) is 12.0. The van der Waals surface area contributed by atoms with Crippen molar-refractivity contribution in [1.29, 1.82) is 0 Å². The molecule has 6 heteroatoms. The lowest BCUT2D eigenvalue weighted by atomic mass is 9.94. The third-order valence-corrected chi connectivity index (χ3v) is 3.85. The van der Waals surface area contributed by atoms with Crippen molar-refractivity contribution < 1.29 is 14.0 Å². The number of halogens is 1. The van der Waals surface area contributed by atoms with Crippen LogP contribution >= 0.6 is 0 Å². The van der Waals surface area contributed by atoms with E-state index >= 15 is 0 Å². The minimum absolute atomic E-state index is 0.168. The Hall–Kier alpha value is -3.28. The topological polar surface area (TPSA) is 85.1 Å². The summed E-state index contributed by atoms with van der Waals surface area (Å²) in [7, 11) is 0. The number of amides is 2. The molecule has 3 aromatic rings. The lowest BCUT2D eigenvalue weighted by Gasteiger charge is -2.16. The van der Waals surface area contributed by atoms with Crippen molar-refractivity contribution in [3.8, 4) is 0 Å². The molecular weight excluding hydrogens is 321 g/mol. The molecule has 5 nitrogen and oxygen atoms in total. The van der Waals surface area contributed by atoms with Gasteiger partial charge in [-0.1, -0.05) is 30.3 Å².